The number of hydrogen-bond donors (Lipinski definition) is 0. The van der Waals surface area contributed by atoms with Gasteiger partial charge in [-0.1, -0.05) is 12.1 Å². The summed E-state index contributed by atoms with van der Waals surface area (Å²) in [5.41, 5.74) is 2.70. The number of ether oxygens (including phenoxy) is 1. The smallest absolute Gasteiger partial charge is 0.245 e. The number of methoxy groups -OCH3 is 1. The fraction of sp³-hybridized carbons (Fsp3) is 0.278. The minimum absolute atomic E-state index is 0.378. The van der Waals surface area contributed by atoms with Crippen molar-refractivity contribution in [3.63, 3.8) is 0 Å². The van der Waals surface area contributed by atoms with E-state index >= 15 is 0 Å². The van der Waals surface area contributed by atoms with Gasteiger partial charge in [-0.15, -0.1) is 0 Å². The molecule has 0 amide bonds. The largest absolute Gasteiger partial charge is 0.494 e. The van der Waals surface area contributed by atoms with Crippen LogP contribution in [0.15, 0.2) is 35.1 Å². The third-order valence-corrected chi connectivity index (χ3v) is 4.31. The van der Waals surface area contributed by atoms with E-state index in [1.165, 1.54) is 0 Å². The lowest BCUT2D eigenvalue weighted by Gasteiger charge is -2.23. The Morgan fingerprint density at radius 3 is 2.44 bits per heavy atom. The topological polar surface area (TPSA) is 93.3 Å². The van der Waals surface area contributed by atoms with Gasteiger partial charge in [-0.2, -0.15) is 0 Å². The zero-order chi connectivity index (χ0) is 19.0. The van der Waals surface area contributed by atoms with E-state index < -0.39 is 0 Å². The molecule has 138 valence electrons. The lowest BCUT2D eigenvalue weighted by atomic mass is 10.1. The summed E-state index contributed by atoms with van der Waals surface area (Å²) in [6.45, 7) is 0.610. The third kappa shape index (κ3) is 2.97. The zero-order valence-electron chi connectivity index (χ0n) is 15.5. The first-order valence-electron chi connectivity index (χ1n) is 8.38. The summed E-state index contributed by atoms with van der Waals surface area (Å²) in [5.74, 6) is 2.13. The number of aromatic nitrogens is 5. The molecular weight excluding hydrogens is 346 g/mol. The Morgan fingerprint density at radius 2 is 1.74 bits per heavy atom. The molecule has 0 unspecified atom stereocenters. The van der Waals surface area contributed by atoms with Crippen LogP contribution in [0.2, 0.25) is 0 Å². The lowest BCUT2D eigenvalue weighted by molar-refractivity contribution is 0.314. The van der Waals surface area contributed by atoms with Gasteiger partial charge in [-0.3, -0.25) is 4.98 Å². The molecule has 9 nitrogen and oxygen atoms in total. The molecule has 0 aliphatic carbocycles. The zero-order valence-corrected chi connectivity index (χ0v) is 15.5. The first kappa shape index (κ1) is 17.0. The first-order valence-corrected chi connectivity index (χ1v) is 8.38. The second-order valence-electron chi connectivity index (χ2n) is 6.36. The molecule has 3 aromatic heterocycles. The summed E-state index contributed by atoms with van der Waals surface area (Å²) in [6.07, 6.45) is 1.76. The molecule has 0 aliphatic heterocycles. The maximum Gasteiger partial charge on any atom is 0.245 e. The Balaban J connectivity index is 1.77. The van der Waals surface area contributed by atoms with Gasteiger partial charge in [0.2, 0.25) is 11.3 Å². The Kier molecular flexibility index (Phi) is 4.19. The van der Waals surface area contributed by atoms with Crippen LogP contribution in [0.3, 0.4) is 0 Å². The van der Waals surface area contributed by atoms with E-state index in [4.69, 9.17) is 9.37 Å². The normalized spacial score (nSPS) is 11.1. The van der Waals surface area contributed by atoms with Gasteiger partial charge in [0, 0.05) is 39.3 Å². The van der Waals surface area contributed by atoms with Crippen molar-refractivity contribution in [2.24, 2.45) is 0 Å². The van der Waals surface area contributed by atoms with E-state index in [1.807, 2.05) is 55.2 Å². The Bertz CT molecular complexity index is 1110. The second-order valence-corrected chi connectivity index (χ2v) is 6.36. The van der Waals surface area contributed by atoms with Gasteiger partial charge in [0.1, 0.15) is 11.3 Å². The fourth-order valence-corrected chi connectivity index (χ4v) is 3.02. The monoisotopic (exact) mass is 365 g/mol. The van der Waals surface area contributed by atoms with E-state index in [2.05, 4.69) is 25.3 Å². The highest BCUT2D eigenvalue weighted by Crippen LogP contribution is 2.30. The minimum atomic E-state index is 0.378. The summed E-state index contributed by atoms with van der Waals surface area (Å²) < 4.78 is 10.2. The molecule has 4 rings (SSSR count). The van der Waals surface area contributed by atoms with Crippen LogP contribution >= 0.6 is 0 Å². The number of nitrogens with zero attached hydrogens (tertiary/aromatic N) is 7. The minimum Gasteiger partial charge on any atom is -0.494 e. The molecule has 0 fully saturated rings. The van der Waals surface area contributed by atoms with Gasteiger partial charge in [0.05, 0.1) is 7.11 Å². The fourth-order valence-electron chi connectivity index (χ4n) is 3.02. The van der Waals surface area contributed by atoms with Gasteiger partial charge in [0.25, 0.3) is 0 Å². The summed E-state index contributed by atoms with van der Waals surface area (Å²) >= 11 is 0. The van der Waals surface area contributed by atoms with Crippen LogP contribution in [-0.2, 0) is 6.54 Å². The van der Waals surface area contributed by atoms with Crippen molar-refractivity contribution in [1.29, 1.82) is 0 Å². The molecule has 0 spiro atoms. The Hall–Kier alpha value is -3.49. The molecule has 0 saturated carbocycles. The van der Waals surface area contributed by atoms with Crippen molar-refractivity contribution in [2.75, 3.05) is 38.1 Å². The average Bonchev–Trinajstić information content (AvgIpc) is 3.14. The lowest BCUT2D eigenvalue weighted by Crippen LogP contribution is -2.23. The number of fused-ring (bicyclic) bond motifs is 2. The molecular formula is C18H19N7O2. The highest BCUT2D eigenvalue weighted by molar-refractivity contribution is 5.87. The van der Waals surface area contributed by atoms with Crippen LogP contribution in [0.5, 0.6) is 5.75 Å². The van der Waals surface area contributed by atoms with Crippen molar-refractivity contribution < 1.29 is 9.37 Å². The summed E-state index contributed by atoms with van der Waals surface area (Å²) in [7, 11) is 7.43. The molecule has 0 aliphatic rings. The number of benzene rings is 1. The molecule has 0 atom stereocenters. The standard InChI is InChI=1S/C18H19N7O2/c1-24(2)17-18(21-16-15(20-17)22-27-23-16)25(3)10-11-7-8-13(26-4)14-12(11)6-5-9-19-14/h5-9H,10H2,1-4H3. The predicted molar refractivity (Wildman–Crippen MR) is 102 cm³/mol. The maximum absolute atomic E-state index is 5.43. The van der Waals surface area contributed by atoms with E-state index in [1.54, 1.807) is 13.3 Å². The van der Waals surface area contributed by atoms with Crippen molar-refractivity contribution in [3.8, 4) is 5.75 Å². The Labute approximate surface area is 155 Å². The number of rotatable bonds is 5. The van der Waals surface area contributed by atoms with Crippen LogP contribution in [0.4, 0.5) is 11.6 Å². The third-order valence-electron chi connectivity index (χ3n) is 4.31. The van der Waals surface area contributed by atoms with Crippen molar-refractivity contribution >= 4 is 33.8 Å². The summed E-state index contributed by atoms with van der Waals surface area (Å²) in [6, 6.07) is 7.93. The van der Waals surface area contributed by atoms with Crippen molar-refractivity contribution in [2.45, 2.75) is 6.54 Å². The molecule has 3 heterocycles. The SMILES string of the molecule is COc1ccc(CN(C)c2nc3nonc3nc2N(C)C)c2cccnc12. The van der Waals surface area contributed by atoms with E-state index in [-0.39, 0.29) is 0 Å². The molecule has 0 bridgehead atoms. The van der Waals surface area contributed by atoms with Gasteiger partial charge in [-0.05, 0) is 28.0 Å². The summed E-state index contributed by atoms with van der Waals surface area (Å²) in [5, 5.41) is 8.62. The average molecular weight is 365 g/mol. The van der Waals surface area contributed by atoms with Crippen molar-refractivity contribution in [3.05, 3.63) is 36.0 Å². The van der Waals surface area contributed by atoms with Gasteiger partial charge < -0.3 is 14.5 Å². The highest BCUT2D eigenvalue weighted by atomic mass is 16.6. The first-order chi connectivity index (χ1) is 13.1. The molecule has 0 saturated heterocycles. The summed E-state index contributed by atoms with van der Waals surface area (Å²) in [4.78, 5) is 17.5. The number of pyridine rings is 1. The van der Waals surface area contributed by atoms with E-state index in [0.717, 1.165) is 22.2 Å². The molecule has 27 heavy (non-hydrogen) atoms. The van der Waals surface area contributed by atoms with Gasteiger partial charge in [-0.25, -0.2) is 14.6 Å². The van der Waals surface area contributed by atoms with Gasteiger partial charge in [0.15, 0.2) is 11.6 Å². The second kappa shape index (κ2) is 6.67. The van der Waals surface area contributed by atoms with Crippen LogP contribution in [0.25, 0.3) is 22.2 Å². The number of hydrogen-bond acceptors (Lipinski definition) is 9. The molecule has 9 heteroatoms. The predicted octanol–water partition coefficient (Wildman–Crippen LogP) is 2.27. The molecule has 4 aromatic rings. The van der Waals surface area contributed by atoms with Crippen molar-refractivity contribution in [1.82, 2.24) is 25.3 Å². The van der Waals surface area contributed by atoms with Crippen LogP contribution < -0.4 is 14.5 Å². The maximum atomic E-state index is 5.43. The number of anilines is 2. The Morgan fingerprint density at radius 1 is 1.00 bits per heavy atom. The quantitative estimate of drug-likeness (QED) is 0.528. The van der Waals surface area contributed by atoms with Crippen LogP contribution in [0, 0.1) is 0 Å². The molecule has 0 radical (unpaired) electrons. The molecule has 1 aromatic carbocycles. The van der Waals surface area contributed by atoms with Crippen LogP contribution in [-0.4, -0.2) is 53.5 Å². The van der Waals surface area contributed by atoms with Gasteiger partial charge >= 0.3 is 0 Å². The van der Waals surface area contributed by atoms with E-state index in [0.29, 0.717) is 29.5 Å². The molecule has 0 N–H and O–H groups in total. The highest BCUT2D eigenvalue weighted by Gasteiger charge is 2.18. The van der Waals surface area contributed by atoms with Crippen LogP contribution in [0.1, 0.15) is 5.56 Å². The van der Waals surface area contributed by atoms with E-state index in [9.17, 15) is 0 Å².